The number of amides is 2. The molecule has 0 radical (unpaired) electrons. The van der Waals surface area contributed by atoms with E-state index in [1.807, 2.05) is 0 Å². The van der Waals surface area contributed by atoms with Gasteiger partial charge in [-0.2, -0.15) is 13.2 Å². The Kier molecular flexibility index (Phi) is 6.72. The zero-order chi connectivity index (χ0) is 23.4. The summed E-state index contributed by atoms with van der Waals surface area (Å²) < 4.78 is 45.3. The number of hydrogen-bond acceptors (Lipinski definition) is 3. The van der Waals surface area contributed by atoms with E-state index < -0.39 is 17.8 Å². The Morgan fingerprint density at radius 2 is 1.55 bits per heavy atom. The average Bonchev–Trinajstić information content (AvgIpc) is 2.73. The molecular weight excluding hydrogens is 433 g/mol. The Bertz CT molecular complexity index is 1040. The van der Waals surface area contributed by atoms with Crippen LogP contribution in [0.25, 0.3) is 0 Å². The van der Waals surface area contributed by atoms with Crippen LogP contribution < -0.4 is 15.4 Å². The first-order valence-electron chi connectivity index (χ1n) is 11.0. The molecule has 0 saturated heterocycles. The number of halogens is 3. The highest BCUT2D eigenvalue weighted by molar-refractivity contribution is 5.94. The van der Waals surface area contributed by atoms with Crippen LogP contribution in [-0.2, 0) is 11.0 Å². The number of carbonyl (C=O) groups is 2. The van der Waals surface area contributed by atoms with Crippen LogP contribution in [0.5, 0.6) is 5.75 Å². The van der Waals surface area contributed by atoms with Gasteiger partial charge in [0.05, 0.1) is 5.56 Å². The van der Waals surface area contributed by atoms with Gasteiger partial charge in [-0.15, -0.1) is 0 Å². The van der Waals surface area contributed by atoms with Crippen LogP contribution in [0, 0.1) is 11.8 Å². The molecule has 2 aliphatic rings. The van der Waals surface area contributed by atoms with Gasteiger partial charge in [0.1, 0.15) is 5.75 Å². The second kappa shape index (κ2) is 9.68. The molecule has 0 aromatic heterocycles. The molecule has 33 heavy (non-hydrogen) atoms. The first kappa shape index (κ1) is 22.9. The van der Waals surface area contributed by atoms with E-state index in [1.54, 1.807) is 30.3 Å². The average molecular weight is 458 g/mol. The number of alkyl halides is 3. The highest BCUT2D eigenvalue weighted by Gasteiger charge is 2.33. The predicted molar refractivity (Wildman–Crippen MR) is 119 cm³/mol. The minimum absolute atomic E-state index is 0.0198. The number of carbonyl (C=O) groups excluding carboxylic acids is 2. The smallest absolute Gasteiger partial charge is 0.410 e. The Morgan fingerprint density at radius 1 is 0.909 bits per heavy atom. The summed E-state index contributed by atoms with van der Waals surface area (Å²) in [6.07, 6.45) is 2.20. The van der Waals surface area contributed by atoms with Crippen molar-refractivity contribution in [1.29, 1.82) is 0 Å². The highest BCUT2D eigenvalue weighted by Crippen LogP contribution is 2.39. The van der Waals surface area contributed by atoms with Crippen molar-refractivity contribution >= 4 is 23.4 Å². The molecular formula is C25H25F3N2O3. The second-order valence-electron chi connectivity index (χ2n) is 8.48. The lowest BCUT2D eigenvalue weighted by Gasteiger charge is -2.32. The van der Waals surface area contributed by atoms with Gasteiger partial charge in [-0.3, -0.25) is 10.1 Å². The van der Waals surface area contributed by atoms with Crippen LogP contribution in [-0.4, -0.2) is 12.0 Å². The molecule has 0 spiro atoms. The number of allylic oxidation sites excluding steroid dienone is 2. The van der Waals surface area contributed by atoms with Crippen molar-refractivity contribution in [3.63, 3.8) is 0 Å². The van der Waals surface area contributed by atoms with Gasteiger partial charge >= 0.3 is 12.3 Å². The minimum Gasteiger partial charge on any atom is -0.410 e. The van der Waals surface area contributed by atoms with Crippen molar-refractivity contribution < 1.29 is 27.5 Å². The summed E-state index contributed by atoms with van der Waals surface area (Å²) in [5.74, 6) is 0.246. The molecule has 5 nitrogen and oxygen atoms in total. The molecule has 2 aliphatic carbocycles. The third kappa shape index (κ3) is 5.94. The molecule has 0 unspecified atom stereocenters. The quantitative estimate of drug-likeness (QED) is 0.485. The van der Waals surface area contributed by atoms with E-state index in [-0.39, 0.29) is 28.9 Å². The molecule has 2 aromatic carbocycles. The summed E-state index contributed by atoms with van der Waals surface area (Å²) in [5, 5.41) is 4.92. The maximum absolute atomic E-state index is 13.4. The van der Waals surface area contributed by atoms with Crippen molar-refractivity contribution in [2.75, 3.05) is 10.6 Å². The fourth-order valence-electron chi connectivity index (χ4n) is 4.33. The van der Waals surface area contributed by atoms with E-state index in [9.17, 15) is 22.8 Å². The van der Waals surface area contributed by atoms with Crippen LogP contribution in [0.4, 0.5) is 29.3 Å². The molecule has 2 aromatic rings. The van der Waals surface area contributed by atoms with Crippen molar-refractivity contribution in [3.8, 4) is 5.75 Å². The summed E-state index contributed by atoms with van der Waals surface area (Å²) in [7, 11) is 0. The third-order valence-electron chi connectivity index (χ3n) is 6.19. The summed E-state index contributed by atoms with van der Waals surface area (Å²) >= 11 is 0. The van der Waals surface area contributed by atoms with Gasteiger partial charge in [0.25, 0.3) is 0 Å². The normalized spacial score (nSPS) is 20.3. The van der Waals surface area contributed by atoms with Crippen LogP contribution in [0.2, 0.25) is 0 Å². The van der Waals surface area contributed by atoms with E-state index in [4.69, 9.17) is 4.74 Å². The standard InChI is InChI=1S/C25H25F3N2O3/c26-25(27,28)19-13-20(15-21(14-19)30-24(32)33-22-7-2-1-3-8-22)29-23(31)18-11-9-17(10-12-18)16-5-4-6-16/h1-3,5,7-8,13-15,17-18H,4,6,9-12H2,(H,29,31)(H,30,32). The van der Waals surface area contributed by atoms with Crippen LogP contribution in [0.3, 0.4) is 0 Å². The van der Waals surface area contributed by atoms with Crippen LogP contribution >= 0.6 is 0 Å². The Hall–Kier alpha value is -3.29. The summed E-state index contributed by atoms with van der Waals surface area (Å²) in [5.41, 5.74) is 0.358. The molecule has 2 amide bonds. The summed E-state index contributed by atoms with van der Waals surface area (Å²) in [6, 6.07) is 11.1. The number of ether oxygens (including phenoxy) is 1. The molecule has 4 rings (SSSR count). The predicted octanol–water partition coefficient (Wildman–Crippen LogP) is 6.78. The first-order valence-corrected chi connectivity index (χ1v) is 11.0. The van der Waals surface area contributed by atoms with Crippen LogP contribution in [0.15, 0.2) is 60.2 Å². The topological polar surface area (TPSA) is 67.4 Å². The molecule has 2 N–H and O–H groups in total. The van der Waals surface area contributed by atoms with Gasteiger partial charge < -0.3 is 10.1 Å². The monoisotopic (exact) mass is 458 g/mol. The number of para-hydroxylation sites is 1. The SMILES string of the molecule is O=C(Nc1cc(NC(=O)C2CCC(C3=CCC3)CC2)cc(C(F)(F)F)c1)Oc1ccccc1. The maximum atomic E-state index is 13.4. The molecule has 1 saturated carbocycles. The van der Waals surface area contributed by atoms with Crippen LogP contribution in [0.1, 0.15) is 44.1 Å². The fourth-order valence-corrected chi connectivity index (χ4v) is 4.33. The first-order chi connectivity index (χ1) is 15.8. The zero-order valence-electron chi connectivity index (χ0n) is 18.0. The highest BCUT2D eigenvalue weighted by atomic mass is 19.4. The lowest BCUT2D eigenvalue weighted by atomic mass is 9.74. The Labute approximate surface area is 190 Å². The molecule has 1 fully saturated rings. The van der Waals surface area contributed by atoms with Gasteiger partial charge in [0.15, 0.2) is 0 Å². The number of hydrogen-bond donors (Lipinski definition) is 2. The molecule has 0 aliphatic heterocycles. The van der Waals surface area contributed by atoms with Gasteiger partial charge in [-0.05, 0) is 74.8 Å². The second-order valence-corrected chi connectivity index (χ2v) is 8.48. The van der Waals surface area contributed by atoms with Gasteiger partial charge in [-0.25, -0.2) is 4.79 Å². The van der Waals surface area contributed by atoms with E-state index in [1.165, 1.54) is 11.6 Å². The zero-order valence-corrected chi connectivity index (χ0v) is 18.0. The molecule has 174 valence electrons. The van der Waals surface area contributed by atoms with Crippen molar-refractivity contribution in [2.24, 2.45) is 11.8 Å². The lowest BCUT2D eigenvalue weighted by molar-refractivity contribution is -0.137. The van der Waals surface area contributed by atoms with Gasteiger partial charge in [0.2, 0.25) is 5.91 Å². The van der Waals surface area contributed by atoms with E-state index >= 15 is 0 Å². The van der Waals surface area contributed by atoms with Crippen molar-refractivity contribution in [3.05, 3.63) is 65.7 Å². The molecule has 0 bridgehead atoms. The lowest BCUT2D eigenvalue weighted by Crippen LogP contribution is -2.28. The molecule has 0 atom stereocenters. The van der Waals surface area contributed by atoms with Crippen molar-refractivity contribution in [2.45, 2.75) is 44.7 Å². The number of nitrogens with one attached hydrogen (secondary N) is 2. The summed E-state index contributed by atoms with van der Waals surface area (Å²) in [6.45, 7) is 0. The molecule has 0 heterocycles. The Morgan fingerprint density at radius 3 is 2.12 bits per heavy atom. The number of anilines is 2. The van der Waals surface area contributed by atoms with E-state index in [2.05, 4.69) is 16.7 Å². The Balaban J connectivity index is 1.43. The van der Waals surface area contributed by atoms with Gasteiger partial charge in [-0.1, -0.05) is 29.8 Å². The fraction of sp³-hybridized carbons (Fsp3) is 0.360. The van der Waals surface area contributed by atoms with E-state index in [0.29, 0.717) is 18.8 Å². The van der Waals surface area contributed by atoms with E-state index in [0.717, 1.165) is 37.8 Å². The number of rotatable bonds is 5. The number of benzene rings is 2. The maximum Gasteiger partial charge on any atom is 0.417 e. The summed E-state index contributed by atoms with van der Waals surface area (Å²) in [4.78, 5) is 24.9. The third-order valence-corrected chi connectivity index (χ3v) is 6.19. The minimum atomic E-state index is -4.64. The van der Waals surface area contributed by atoms with Crippen molar-refractivity contribution in [1.82, 2.24) is 0 Å². The largest absolute Gasteiger partial charge is 0.417 e. The molecule has 8 heteroatoms. The van der Waals surface area contributed by atoms with Gasteiger partial charge in [0, 0.05) is 17.3 Å².